The van der Waals surface area contributed by atoms with E-state index in [0.717, 1.165) is 11.3 Å². The van der Waals surface area contributed by atoms with Crippen LogP contribution in [0.25, 0.3) is 5.69 Å². The second kappa shape index (κ2) is 8.68. The van der Waals surface area contributed by atoms with E-state index < -0.39 is 4.92 Å². The number of nitro groups is 1. The van der Waals surface area contributed by atoms with Crippen LogP contribution in [-0.2, 0) is 12.3 Å². The first-order chi connectivity index (χ1) is 14.5. The lowest BCUT2D eigenvalue weighted by Gasteiger charge is -2.10. The van der Waals surface area contributed by atoms with Crippen LogP contribution in [0.2, 0.25) is 5.02 Å². The van der Waals surface area contributed by atoms with Crippen LogP contribution in [0, 0.1) is 17.0 Å². The summed E-state index contributed by atoms with van der Waals surface area (Å²) in [4.78, 5) is 15.0. The van der Waals surface area contributed by atoms with E-state index in [9.17, 15) is 10.1 Å². The molecule has 8 nitrogen and oxygen atoms in total. The molecule has 0 radical (unpaired) electrons. The van der Waals surface area contributed by atoms with Crippen molar-refractivity contribution in [3.63, 3.8) is 0 Å². The van der Waals surface area contributed by atoms with Gasteiger partial charge in [-0.1, -0.05) is 53.7 Å². The molecule has 0 bridgehead atoms. The Labute approximate surface area is 181 Å². The van der Waals surface area contributed by atoms with E-state index in [1.165, 1.54) is 22.5 Å². The molecule has 0 spiro atoms. The van der Waals surface area contributed by atoms with Crippen molar-refractivity contribution in [3.05, 3.63) is 93.1 Å². The van der Waals surface area contributed by atoms with E-state index in [1.807, 2.05) is 59.2 Å². The molecule has 0 saturated carbocycles. The van der Waals surface area contributed by atoms with Crippen molar-refractivity contribution in [2.24, 2.45) is 0 Å². The van der Waals surface area contributed by atoms with E-state index in [-0.39, 0.29) is 12.4 Å². The average Bonchev–Trinajstić information content (AvgIpc) is 3.31. The number of para-hydroxylation sites is 1. The Hall–Kier alpha value is -3.17. The highest BCUT2D eigenvalue weighted by Gasteiger charge is 2.22. The van der Waals surface area contributed by atoms with Crippen LogP contribution in [-0.4, -0.2) is 29.2 Å². The number of nitrogens with zero attached hydrogens (tertiary/aromatic N) is 6. The molecular formula is C20H17ClN6O2S. The molecule has 152 valence electrons. The third kappa shape index (κ3) is 4.22. The molecule has 0 fully saturated rings. The fraction of sp³-hybridized carbons (Fsp3) is 0.150. The zero-order valence-corrected chi connectivity index (χ0v) is 17.5. The molecule has 2 heterocycles. The number of imidazole rings is 1. The van der Waals surface area contributed by atoms with E-state index in [2.05, 4.69) is 15.2 Å². The molecule has 2 aromatic carbocycles. The Bertz CT molecular complexity index is 1190. The van der Waals surface area contributed by atoms with Gasteiger partial charge in [-0.2, -0.15) is 0 Å². The van der Waals surface area contributed by atoms with Crippen molar-refractivity contribution in [1.82, 2.24) is 24.3 Å². The number of benzene rings is 2. The van der Waals surface area contributed by atoms with Crippen molar-refractivity contribution >= 4 is 29.2 Å². The lowest BCUT2D eigenvalue weighted by molar-refractivity contribution is -0.392. The highest BCUT2D eigenvalue weighted by molar-refractivity contribution is 7.98. The Balaban J connectivity index is 1.70. The van der Waals surface area contributed by atoms with Crippen LogP contribution in [0.1, 0.15) is 17.2 Å². The maximum atomic E-state index is 11.4. The third-order valence-corrected chi connectivity index (χ3v) is 5.73. The maximum absolute atomic E-state index is 11.4. The second-order valence-corrected chi connectivity index (χ2v) is 7.87. The standard InChI is InChI=1S/C20H17ClN6O2S/c1-14-22-11-19(27(28)29)25(14)12-18-23-24-20(26(18)17-8-3-2-4-9-17)30-13-15-6-5-7-16(21)10-15/h2-11H,12-13H2,1H3. The van der Waals surface area contributed by atoms with Gasteiger partial charge in [-0.05, 0) is 34.8 Å². The van der Waals surface area contributed by atoms with Gasteiger partial charge in [0.2, 0.25) is 0 Å². The maximum Gasteiger partial charge on any atom is 0.343 e. The molecule has 0 aliphatic rings. The van der Waals surface area contributed by atoms with Crippen LogP contribution in [0.5, 0.6) is 0 Å². The lowest BCUT2D eigenvalue weighted by Crippen LogP contribution is -2.11. The number of hydrogen-bond donors (Lipinski definition) is 0. The van der Waals surface area contributed by atoms with Crippen molar-refractivity contribution in [3.8, 4) is 5.69 Å². The molecule has 0 amide bonds. The van der Waals surface area contributed by atoms with Gasteiger partial charge < -0.3 is 10.1 Å². The van der Waals surface area contributed by atoms with Gasteiger partial charge in [0.15, 0.2) is 23.4 Å². The highest BCUT2D eigenvalue weighted by atomic mass is 35.5. The summed E-state index contributed by atoms with van der Waals surface area (Å²) in [5.41, 5.74) is 1.95. The Morgan fingerprint density at radius 1 is 1.13 bits per heavy atom. The molecule has 0 atom stereocenters. The fourth-order valence-corrected chi connectivity index (χ4v) is 4.17. The molecule has 2 aromatic heterocycles. The SMILES string of the molecule is Cc1ncc([N+](=O)[O-])n1Cc1nnc(SCc2cccc(Cl)c2)n1-c1ccccc1. The van der Waals surface area contributed by atoms with E-state index >= 15 is 0 Å². The molecule has 4 aromatic rings. The first-order valence-electron chi connectivity index (χ1n) is 9.06. The Kier molecular flexibility index (Phi) is 5.82. The molecule has 0 unspecified atom stereocenters. The molecule has 0 N–H and O–H groups in total. The van der Waals surface area contributed by atoms with Crippen LogP contribution >= 0.6 is 23.4 Å². The summed E-state index contributed by atoms with van der Waals surface area (Å²) in [5.74, 6) is 1.70. The normalized spacial score (nSPS) is 11.0. The first-order valence-corrected chi connectivity index (χ1v) is 10.4. The number of hydrogen-bond acceptors (Lipinski definition) is 6. The lowest BCUT2D eigenvalue weighted by atomic mass is 10.2. The number of halogens is 1. The van der Waals surface area contributed by atoms with Crippen LogP contribution in [0.15, 0.2) is 66.0 Å². The molecular weight excluding hydrogens is 424 g/mol. The molecule has 4 rings (SSSR count). The molecule has 30 heavy (non-hydrogen) atoms. The summed E-state index contributed by atoms with van der Waals surface area (Å²) < 4.78 is 3.44. The minimum absolute atomic E-state index is 0.0803. The third-order valence-electron chi connectivity index (χ3n) is 4.49. The van der Waals surface area contributed by atoms with Crippen LogP contribution < -0.4 is 0 Å². The number of rotatable bonds is 7. The monoisotopic (exact) mass is 440 g/mol. The predicted octanol–water partition coefficient (Wildman–Crippen LogP) is 4.67. The summed E-state index contributed by atoms with van der Waals surface area (Å²) in [6.45, 7) is 1.91. The van der Waals surface area contributed by atoms with Gasteiger partial charge in [0, 0.05) is 23.4 Å². The van der Waals surface area contributed by atoms with Crippen molar-refractivity contribution in [2.45, 2.75) is 24.4 Å². The summed E-state index contributed by atoms with van der Waals surface area (Å²) in [6, 6.07) is 17.3. The molecule has 10 heteroatoms. The van der Waals surface area contributed by atoms with Gasteiger partial charge in [0.05, 0.1) is 0 Å². The zero-order chi connectivity index (χ0) is 21.1. The van der Waals surface area contributed by atoms with Crippen molar-refractivity contribution < 1.29 is 4.92 Å². The molecule has 0 aliphatic carbocycles. The van der Waals surface area contributed by atoms with E-state index in [0.29, 0.717) is 27.6 Å². The van der Waals surface area contributed by atoms with Crippen LogP contribution in [0.4, 0.5) is 5.82 Å². The van der Waals surface area contributed by atoms with E-state index in [4.69, 9.17) is 11.6 Å². The quantitative estimate of drug-likeness (QED) is 0.235. The fourth-order valence-electron chi connectivity index (χ4n) is 3.05. The van der Waals surface area contributed by atoms with Crippen molar-refractivity contribution in [2.75, 3.05) is 0 Å². The van der Waals surface area contributed by atoms with Gasteiger partial charge >= 0.3 is 5.82 Å². The minimum Gasteiger partial charge on any atom is -0.358 e. The molecule has 0 saturated heterocycles. The van der Waals surface area contributed by atoms with Crippen LogP contribution in [0.3, 0.4) is 0 Å². The summed E-state index contributed by atoms with van der Waals surface area (Å²) in [5, 5.41) is 21.4. The predicted molar refractivity (Wildman–Crippen MR) is 115 cm³/mol. The summed E-state index contributed by atoms with van der Waals surface area (Å²) >= 11 is 7.61. The van der Waals surface area contributed by atoms with E-state index in [1.54, 1.807) is 6.92 Å². The van der Waals surface area contributed by atoms with Gasteiger partial charge in [-0.25, -0.2) is 9.55 Å². The highest BCUT2D eigenvalue weighted by Crippen LogP contribution is 2.27. The van der Waals surface area contributed by atoms with Gasteiger partial charge in [0.25, 0.3) is 0 Å². The zero-order valence-electron chi connectivity index (χ0n) is 16.0. The first kappa shape index (κ1) is 20.1. The second-order valence-electron chi connectivity index (χ2n) is 6.50. The largest absolute Gasteiger partial charge is 0.358 e. The Morgan fingerprint density at radius 2 is 1.93 bits per heavy atom. The number of aromatic nitrogens is 5. The van der Waals surface area contributed by atoms with Gasteiger partial charge in [-0.15, -0.1) is 10.2 Å². The topological polar surface area (TPSA) is 91.7 Å². The number of aryl methyl sites for hydroxylation is 1. The van der Waals surface area contributed by atoms with Gasteiger partial charge in [0.1, 0.15) is 6.20 Å². The summed E-state index contributed by atoms with van der Waals surface area (Å²) in [7, 11) is 0. The molecule has 0 aliphatic heterocycles. The Morgan fingerprint density at radius 3 is 2.67 bits per heavy atom. The summed E-state index contributed by atoms with van der Waals surface area (Å²) in [6.07, 6.45) is 1.26. The van der Waals surface area contributed by atoms with Crippen molar-refractivity contribution in [1.29, 1.82) is 0 Å². The smallest absolute Gasteiger partial charge is 0.343 e. The average molecular weight is 441 g/mol. The van der Waals surface area contributed by atoms with Gasteiger partial charge in [-0.3, -0.25) is 4.57 Å². The minimum atomic E-state index is -0.446. The number of thioether (sulfide) groups is 1.